The van der Waals surface area contributed by atoms with Crippen LogP contribution in [0.25, 0.3) is 0 Å². The third kappa shape index (κ3) is 8.34. The van der Waals surface area contributed by atoms with E-state index in [9.17, 15) is 13.2 Å². The van der Waals surface area contributed by atoms with Crippen LogP contribution in [0.15, 0.2) is 30.1 Å². The molecule has 1 saturated carbocycles. The highest BCUT2D eigenvalue weighted by molar-refractivity contribution is 5.73. The number of carboxylic acids is 1. The summed E-state index contributed by atoms with van der Waals surface area (Å²) >= 11 is 0. The zero-order chi connectivity index (χ0) is 22.9. The molecule has 0 aromatic carbocycles. The van der Waals surface area contributed by atoms with Gasteiger partial charge >= 0.3 is 12.1 Å². The molecule has 1 aliphatic rings. The van der Waals surface area contributed by atoms with Gasteiger partial charge in [0.05, 0.1) is 12.0 Å². The van der Waals surface area contributed by atoms with Crippen LogP contribution in [0, 0.1) is 11.3 Å². The van der Waals surface area contributed by atoms with E-state index in [1.807, 2.05) is 0 Å². The highest BCUT2D eigenvalue weighted by atomic mass is 19.4. The zero-order valence-corrected chi connectivity index (χ0v) is 18.1. The number of rotatable bonds is 7. The fraction of sp³-hybridized carbons (Fsp3) is 0.636. The minimum Gasteiger partial charge on any atom is -0.475 e. The molecule has 0 aliphatic heterocycles. The Morgan fingerprint density at radius 2 is 2.10 bits per heavy atom. The van der Waals surface area contributed by atoms with Crippen LogP contribution in [0.5, 0.6) is 0 Å². The van der Waals surface area contributed by atoms with Gasteiger partial charge < -0.3 is 15.8 Å². The van der Waals surface area contributed by atoms with Crippen molar-refractivity contribution in [2.75, 3.05) is 6.54 Å². The van der Waals surface area contributed by atoms with Crippen LogP contribution in [0.3, 0.4) is 0 Å². The van der Waals surface area contributed by atoms with Crippen molar-refractivity contribution >= 4 is 5.97 Å². The smallest absolute Gasteiger partial charge is 0.475 e. The molecule has 0 saturated heterocycles. The van der Waals surface area contributed by atoms with E-state index >= 15 is 0 Å². The molecule has 0 unspecified atom stereocenters. The quantitative estimate of drug-likeness (QED) is 0.520. The van der Waals surface area contributed by atoms with Gasteiger partial charge in [-0.05, 0) is 56.9 Å². The Balaban J connectivity index is 0.000000553. The number of halogens is 3. The first-order valence-corrected chi connectivity index (χ1v) is 10.2. The Morgan fingerprint density at radius 3 is 2.63 bits per heavy atom. The van der Waals surface area contributed by atoms with Gasteiger partial charge in [0.1, 0.15) is 0 Å². The van der Waals surface area contributed by atoms with Crippen LogP contribution in [0.1, 0.15) is 64.3 Å². The molecule has 1 aromatic heterocycles. The summed E-state index contributed by atoms with van der Waals surface area (Å²) in [5.74, 6) is -2.09. The molecule has 1 aliphatic carbocycles. The highest BCUT2D eigenvalue weighted by Crippen LogP contribution is 2.45. The Labute approximate surface area is 176 Å². The van der Waals surface area contributed by atoms with E-state index in [4.69, 9.17) is 15.6 Å². The maximum Gasteiger partial charge on any atom is 0.490 e. The first kappa shape index (κ1) is 25.9. The molecule has 1 fully saturated rings. The monoisotopic (exact) mass is 429 g/mol. The maximum atomic E-state index is 10.6. The summed E-state index contributed by atoms with van der Waals surface area (Å²) < 4.78 is 31.7. The normalized spacial score (nSPS) is 19.2. The number of alkyl halides is 3. The minimum absolute atomic E-state index is 0.410. The average molecular weight is 430 g/mol. The maximum absolute atomic E-state index is 10.6. The molecule has 1 heterocycles. The molecule has 8 heteroatoms. The van der Waals surface area contributed by atoms with Gasteiger partial charge in [0.2, 0.25) is 0 Å². The van der Waals surface area contributed by atoms with Crippen molar-refractivity contribution < 1.29 is 23.1 Å². The van der Waals surface area contributed by atoms with Crippen molar-refractivity contribution in [1.82, 2.24) is 9.97 Å². The number of hydrogen-bond acceptors (Lipinski definition) is 3. The lowest BCUT2D eigenvalue weighted by Crippen LogP contribution is -2.29. The first-order valence-electron chi connectivity index (χ1n) is 10.2. The van der Waals surface area contributed by atoms with E-state index in [0.29, 0.717) is 17.9 Å². The van der Waals surface area contributed by atoms with Gasteiger partial charge in [0, 0.05) is 18.5 Å². The third-order valence-electron chi connectivity index (χ3n) is 5.67. The SMILES string of the molecule is C=C1CCCC(C)(C)[C@H]1CC/C(C)=C/Cc1[nH]cnc1CCN.O=C(O)C(F)(F)F. The molecule has 0 spiro atoms. The van der Waals surface area contributed by atoms with Gasteiger partial charge in [0.15, 0.2) is 0 Å². The predicted molar refractivity (Wildman–Crippen MR) is 112 cm³/mol. The van der Waals surface area contributed by atoms with Crippen LogP contribution in [-0.4, -0.2) is 33.8 Å². The summed E-state index contributed by atoms with van der Waals surface area (Å²) in [6.07, 6.45) is 7.05. The van der Waals surface area contributed by atoms with E-state index in [2.05, 4.69) is 43.4 Å². The number of hydrogen-bond donors (Lipinski definition) is 3. The Morgan fingerprint density at radius 1 is 1.47 bits per heavy atom. The molecule has 0 radical (unpaired) electrons. The number of nitrogens with zero attached hydrogens (tertiary/aromatic N) is 1. The van der Waals surface area contributed by atoms with E-state index in [1.54, 1.807) is 6.33 Å². The van der Waals surface area contributed by atoms with Crippen molar-refractivity contribution in [3.63, 3.8) is 0 Å². The third-order valence-corrected chi connectivity index (χ3v) is 5.67. The predicted octanol–water partition coefficient (Wildman–Crippen LogP) is 5.20. The number of H-pyrrole nitrogens is 1. The number of imidazole rings is 1. The standard InChI is InChI=1S/C20H33N3.C2HF3O2/c1-15(8-10-18-19(11-13-21)23-14-22-18)7-9-17-16(2)6-5-12-20(17,3)4;3-2(4,5)1(6)7/h8,14,17H,2,5-7,9-13,21H2,1,3-4H3,(H,22,23);(H,6,7)/b15-8+;/t17-;/m0./s1. The van der Waals surface area contributed by atoms with Gasteiger partial charge in [-0.2, -0.15) is 13.2 Å². The Kier molecular flexibility index (Phi) is 9.81. The summed E-state index contributed by atoms with van der Waals surface area (Å²) in [4.78, 5) is 16.5. The lowest BCUT2D eigenvalue weighted by atomic mass is 9.65. The van der Waals surface area contributed by atoms with Gasteiger partial charge in [-0.3, -0.25) is 0 Å². The highest BCUT2D eigenvalue weighted by Gasteiger charge is 2.38. The summed E-state index contributed by atoms with van der Waals surface area (Å²) in [5, 5.41) is 7.12. The van der Waals surface area contributed by atoms with Crippen LogP contribution in [0.2, 0.25) is 0 Å². The molecule has 5 nitrogen and oxygen atoms in total. The lowest BCUT2D eigenvalue weighted by molar-refractivity contribution is -0.192. The molecule has 2 rings (SSSR count). The van der Waals surface area contributed by atoms with Crippen molar-refractivity contribution in [3.8, 4) is 0 Å². The van der Waals surface area contributed by atoms with Crippen LogP contribution in [-0.2, 0) is 17.6 Å². The second-order valence-electron chi connectivity index (χ2n) is 8.52. The number of carboxylic acid groups (broad SMARTS) is 1. The molecule has 1 atom stereocenters. The topological polar surface area (TPSA) is 92.0 Å². The van der Waals surface area contributed by atoms with E-state index < -0.39 is 12.1 Å². The second-order valence-corrected chi connectivity index (χ2v) is 8.52. The minimum atomic E-state index is -5.08. The molecule has 4 N–H and O–H groups in total. The van der Waals surface area contributed by atoms with Crippen LogP contribution >= 0.6 is 0 Å². The van der Waals surface area contributed by atoms with Crippen molar-refractivity contribution in [2.24, 2.45) is 17.1 Å². The number of aliphatic carboxylic acids is 1. The van der Waals surface area contributed by atoms with Crippen LogP contribution < -0.4 is 5.73 Å². The fourth-order valence-corrected chi connectivity index (χ4v) is 3.90. The molecule has 30 heavy (non-hydrogen) atoms. The summed E-state index contributed by atoms with van der Waals surface area (Å²) in [6.45, 7) is 12.1. The molecular formula is C22H34F3N3O2. The summed E-state index contributed by atoms with van der Waals surface area (Å²) in [6, 6.07) is 0. The van der Waals surface area contributed by atoms with E-state index in [0.717, 1.165) is 25.0 Å². The summed E-state index contributed by atoms with van der Waals surface area (Å²) in [5.41, 5.74) is 11.3. The fourth-order valence-electron chi connectivity index (χ4n) is 3.90. The van der Waals surface area contributed by atoms with Gasteiger partial charge in [-0.25, -0.2) is 9.78 Å². The number of aromatic amines is 1. The number of nitrogens with one attached hydrogen (secondary N) is 1. The second kappa shape index (κ2) is 11.3. The number of aromatic nitrogens is 2. The Hall–Kier alpha value is -2.09. The summed E-state index contributed by atoms with van der Waals surface area (Å²) in [7, 11) is 0. The largest absolute Gasteiger partial charge is 0.490 e. The van der Waals surface area contributed by atoms with E-state index in [-0.39, 0.29) is 0 Å². The van der Waals surface area contributed by atoms with Crippen LogP contribution in [0.4, 0.5) is 13.2 Å². The molecule has 0 bridgehead atoms. The average Bonchev–Trinajstić information content (AvgIpc) is 3.06. The zero-order valence-electron chi connectivity index (χ0n) is 18.1. The van der Waals surface area contributed by atoms with Gasteiger partial charge in [-0.15, -0.1) is 0 Å². The number of allylic oxidation sites excluding steroid dienone is 3. The van der Waals surface area contributed by atoms with Gasteiger partial charge in [-0.1, -0.05) is 37.6 Å². The molecule has 1 aromatic rings. The lowest BCUT2D eigenvalue weighted by Gasteiger charge is -2.40. The van der Waals surface area contributed by atoms with E-state index in [1.165, 1.54) is 42.5 Å². The Bertz CT molecular complexity index is 736. The molecule has 170 valence electrons. The van der Waals surface area contributed by atoms with Crippen molar-refractivity contribution in [1.29, 1.82) is 0 Å². The number of carbonyl (C=O) groups is 1. The number of nitrogens with two attached hydrogens (primary N) is 1. The van der Waals surface area contributed by atoms with Gasteiger partial charge in [0.25, 0.3) is 0 Å². The first-order chi connectivity index (χ1) is 13.9. The van der Waals surface area contributed by atoms with Crippen molar-refractivity contribution in [2.45, 2.75) is 71.9 Å². The molecule has 0 amide bonds. The molecular weight excluding hydrogens is 395 g/mol. The van der Waals surface area contributed by atoms with Crippen molar-refractivity contribution in [3.05, 3.63) is 41.5 Å².